The molecule has 0 radical (unpaired) electrons. The summed E-state index contributed by atoms with van der Waals surface area (Å²) in [5.41, 5.74) is 7.01. The summed E-state index contributed by atoms with van der Waals surface area (Å²) in [6.45, 7) is 3.70. The summed E-state index contributed by atoms with van der Waals surface area (Å²) in [5, 5.41) is 0.651. The Morgan fingerprint density at radius 2 is 1.95 bits per heavy atom. The molecule has 1 aromatic carbocycles. The molecule has 0 aromatic heterocycles. The van der Waals surface area contributed by atoms with Crippen LogP contribution in [0.1, 0.15) is 11.5 Å². The molecule has 1 aromatic rings. The van der Waals surface area contributed by atoms with Crippen LogP contribution in [0, 0.1) is 11.8 Å². The summed E-state index contributed by atoms with van der Waals surface area (Å²) < 4.78 is 4.63. The van der Waals surface area contributed by atoms with Crippen LogP contribution in [0.3, 0.4) is 0 Å². The van der Waals surface area contributed by atoms with Gasteiger partial charge in [0.1, 0.15) is 6.29 Å². The first-order valence-electron chi connectivity index (χ1n) is 5.89. The average molecular weight is 314 g/mol. The predicted octanol–water partition coefficient (Wildman–Crippen LogP) is 2.83. The van der Waals surface area contributed by atoms with E-state index in [1.165, 1.54) is 7.11 Å². The number of anilines is 1. The minimum atomic E-state index is -0.517. The number of carbonyl (C=O) groups is 2. The zero-order valence-electron chi connectivity index (χ0n) is 10.7. The molecule has 1 aliphatic rings. The van der Waals surface area contributed by atoms with Gasteiger partial charge in [0.25, 0.3) is 0 Å². The molecule has 0 heterocycles. The molecule has 6 heteroatoms. The number of ether oxygens (including phenoxy) is 1. The third-order valence-electron chi connectivity index (χ3n) is 3.57. The van der Waals surface area contributed by atoms with Crippen molar-refractivity contribution >= 4 is 41.1 Å². The Morgan fingerprint density at radius 3 is 2.40 bits per heavy atom. The van der Waals surface area contributed by atoms with Crippen LogP contribution in [0.4, 0.5) is 5.69 Å². The van der Waals surface area contributed by atoms with Gasteiger partial charge in [0.15, 0.2) is 0 Å². The minimum Gasteiger partial charge on any atom is -0.466 e. The fourth-order valence-electron chi connectivity index (χ4n) is 2.45. The molecule has 0 bridgehead atoms. The van der Waals surface area contributed by atoms with Gasteiger partial charge in [-0.15, -0.1) is 0 Å². The Hall–Kier alpha value is -1.52. The number of methoxy groups -OCH3 is 1. The second kappa shape index (κ2) is 5.46. The van der Waals surface area contributed by atoms with Crippen molar-refractivity contribution in [3.63, 3.8) is 0 Å². The van der Waals surface area contributed by atoms with Crippen LogP contribution >= 0.6 is 23.2 Å². The molecular weight excluding hydrogens is 301 g/mol. The number of aldehydes is 1. The normalized spacial score (nSPS) is 24.1. The first-order valence-corrected chi connectivity index (χ1v) is 6.64. The highest BCUT2D eigenvalue weighted by molar-refractivity contribution is 6.38. The summed E-state index contributed by atoms with van der Waals surface area (Å²) >= 11 is 12.0. The number of halogens is 2. The monoisotopic (exact) mass is 313 g/mol. The van der Waals surface area contributed by atoms with Gasteiger partial charge in [0, 0.05) is 23.3 Å². The van der Waals surface area contributed by atoms with E-state index in [0.29, 0.717) is 15.7 Å². The Morgan fingerprint density at radius 1 is 1.40 bits per heavy atom. The van der Waals surface area contributed by atoms with Crippen molar-refractivity contribution in [2.45, 2.75) is 5.92 Å². The van der Waals surface area contributed by atoms with E-state index in [2.05, 4.69) is 11.3 Å². The van der Waals surface area contributed by atoms with Gasteiger partial charge < -0.3 is 15.3 Å². The van der Waals surface area contributed by atoms with Gasteiger partial charge in [-0.3, -0.25) is 0 Å². The maximum absolute atomic E-state index is 11.5. The van der Waals surface area contributed by atoms with Crippen LogP contribution in [0.2, 0.25) is 10.0 Å². The highest BCUT2D eigenvalue weighted by Gasteiger charge is 2.54. The summed E-state index contributed by atoms with van der Waals surface area (Å²) in [5.74, 6) is -1.29. The third kappa shape index (κ3) is 2.41. The van der Waals surface area contributed by atoms with Gasteiger partial charge in [0.2, 0.25) is 0 Å². The number of benzene rings is 1. The molecule has 1 fully saturated rings. The van der Waals surface area contributed by atoms with E-state index in [0.717, 1.165) is 11.8 Å². The molecule has 0 spiro atoms. The zero-order chi connectivity index (χ0) is 15.0. The SMILES string of the molecule is C=C(C(=O)OC)C1C(C=O)C1c1cc(Cl)c(N)c(Cl)c1. The molecule has 1 aliphatic carbocycles. The number of hydrogen-bond donors (Lipinski definition) is 1. The largest absolute Gasteiger partial charge is 0.466 e. The van der Waals surface area contributed by atoms with Crippen molar-refractivity contribution in [3.05, 3.63) is 39.9 Å². The van der Waals surface area contributed by atoms with E-state index >= 15 is 0 Å². The second-order valence-electron chi connectivity index (χ2n) is 4.68. The van der Waals surface area contributed by atoms with Crippen LogP contribution in [-0.2, 0) is 14.3 Å². The van der Waals surface area contributed by atoms with Gasteiger partial charge in [-0.25, -0.2) is 4.79 Å². The minimum absolute atomic E-state index is 0.172. The van der Waals surface area contributed by atoms with Crippen molar-refractivity contribution in [1.29, 1.82) is 0 Å². The quantitative estimate of drug-likeness (QED) is 0.401. The van der Waals surface area contributed by atoms with E-state index in [-0.39, 0.29) is 23.3 Å². The van der Waals surface area contributed by atoms with E-state index in [9.17, 15) is 9.59 Å². The van der Waals surface area contributed by atoms with Crippen LogP contribution < -0.4 is 5.73 Å². The van der Waals surface area contributed by atoms with Gasteiger partial charge in [-0.2, -0.15) is 0 Å². The molecule has 0 aliphatic heterocycles. The molecule has 1 saturated carbocycles. The lowest BCUT2D eigenvalue weighted by Crippen LogP contribution is -2.06. The summed E-state index contributed by atoms with van der Waals surface area (Å²) in [6.07, 6.45) is 0.807. The Labute approximate surface area is 126 Å². The third-order valence-corrected chi connectivity index (χ3v) is 4.19. The molecule has 2 N–H and O–H groups in total. The fourth-order valence-corrected chi connectivity index (χ4v) is 2.95. The highest BCUT2D eigenvalue weighted by Crippen LogP contribution is 2.57. The van der Waals surface area contributed by atoms with Gasteiger partial charge in [-0.1, -0.05) is 29.8 Å². The summed E-state index contributed by atoms with van der Waals surface area (Å²) in [6, 6.07) is 3.32. The predicted molar refractivity (Wildman–Crippen MR) is 77.8 cm³/mol. The number of rotatable bonds is 4. The lowest BCUT2D eigenvalue weighted by Gasteiger charge is -2.06. The van der Waals surface area contributed by atoms with Gasteiger partial charge in [-0.05, 0) is 17.7 Å². The maximum atomic E-state index is 11.5. The van der Waals surface area contributed by atoms with Crippen molar-refractivity contribution in [2.24, 2.45) is 11.8 Å². The van der Waals surface area contributed by atoms with E-state index in [1.807, 2.05) is 0 Å². The average Bonchev–Trinajstić information content (AvgIpc) is 3.16. The lowest BCUT2D eigenvalue weighted by atomic mass is 10.1. The van der Waals surface area contributed by atoms with Crippen LogP contribution in [0.25, 0.3) is 0 Å². The highest BCUT2D eigenvalue weighted by atomic mass is 35.5. The number of nitrogens with two attached hydrogens (primary N) is 1. The molecule has 0 amide bonds. The number of nitrogen functional groups attached to an aromatic ring is 1. The molecule has 4 nitrogen and oxygen atoms in total. The zero-order valence-corrected chi connectivity index (χ0v) is 12.2. The van der Waals surface area contributed by atoms with Crippen molar-refractivity contribution in [3.8, 4) is 0 Å². The molecule has 20 heavy (non-hydrogen) atoms. The number of carbonyl (C=O) groups excluding carboxylic acids is 2. The van der Waals surface area contributed by atoms with Crippen molar-refractivity contribution in [1.82, 2.24) is 0 Å². The first-order chi connectivity index (χ1) is 9.42. The topological polar surface area (TPSA) is 69.4 Å². The Bertz CT molecular complexity index is 577. The Kier molecular flexibility index (Phi) is 4.06. The van der Waals surface area contributed by atoms with E-state index in [1.54, 1.807) is 12.1 Å². The molecule has 106 valence electrons. The smallest absolute Gasteiger partial charge is 0.333 e. The van der Waals surface area contributed by atoms with Gasteiger partial charge in [0.05, 0.1) is 22.8 Å². The van der Waals surface area contributed by atoms with Crippen LogP contribution in [0.5, 0.6) is 0 Å². The van der Waals surface area contributed by atoms with Crippen molar-refractivity contribution in [2.75, 3.05) is 12.8 Å². The van der Waals surface area contributed by atoms with Crippen LogP contribution in [-0.4, -0.2) is 19.4 Å². The maximum Gasteiger partial charge on any atom is 0.333 e. The summed E-state index contributed by atoms with van der Waals surface area (Å²) in [7, 11) is 1.28. The second-order valence-corrected chi connectivity index (χ2v) is 5.49. The molecule has 2 rings (SSSR count). The van der Waals surface area contributed by atoms with E-state index in [4.69, 9.17) is 28.9 Å². The van der Waals surface area contributed by atoms with E-state index < -0.39 is 5.97 Å². The number of esters is 1. The molecule has 3 unspecified atom stereocenters. The van der Waals surface area contributed by atoms with Crippen molar-refractivity contribution < 1.29 is 14.3 Å². The van der Waals surface area contributed by atoms with Crippen LogP contribution in [0.15, 0.2) is 24.3 Å². The Balaban J connectivity index is 2.32. The van der Waals surface area contributed by atoms with Gasteiger partial charge >= 0.3 is 5.97 Å². The molecular formula is C14H13Cl2NO3. The summed E-state index contributed by atoms with van der Waals surface area (Å²) in [4.78, 5) is 22.6. The number of hydrogen-bond acceptors (Lipinski definition) is 4. The lowest BCUT2D eigenvalue weighted by molar-refractivity contribution is -0.136. The molecule has 3 atom stereocenters. The first kappa shape index (κ1) is 14.9. The molecule has 0 saturated heterocycles. The standard InChI is InChI=1S/C14H13Cl2NO3/c1-6(14(19)20-2)11-8(5-18)12(11)7-3-9(15)13(17)10(16)4-7/h3-5,8,11-12H,1,17H2,2H3. The fraction of sp³-hybridized carbons (Fsp3) is 0.286.